The first-order chi connectivity index (χ1) is 23.4. The molecule has 0 unspecified atom stereocenters. The highest BCUT2D eigenvalue weighted by atomic mass is 16.6. The molecular weight excluding hydrogens is 604 g/mol. The largest absolute Gasteiger partial charge is 0.495 e. The Balaban J connectivity index is 1.54. The SMILES string of the molecule is COc1ccc([N+](=O)[O-])cc1N1C(=O)[C@H]2[C@H](C1=O)[C@@]1(c3ccccc3)C(=O)[C@@]2(c2ccccc2)C(c2ccccc2)=C1c1ccccc1. The number of fused-ring (bicyclic) bond motifs is 5. The molecule has 48 heavy (non-hydrogen) atoms. The molecule has 8 rings (SSSR count). The average Bonchev–Trinajstić information content (AvgIpc) is 3.64. The number of carbonyl (C=O) groups is 3. The zero-order chi connectivity index (χ0) is 33.2. The molecule has 4 atom stereocenters. The number of imide groups is 1. The summed E-state index contributed by atoms with van der Waals surface area (Å²) < 4.78 is 5.56. The number of ether oxygens (including phenoxy) is 1. The summed E-state index contributed by atoms with van der Waals surface area (Å²) in [5, 5.41) is 11.9. The quantitative estimate of drug-likeness (QED) is 0.111. The van der Waals surface area contributed by atoms with Crippen molar-refractivity contribution in [2.24, 2.45) is 11.8 Å². The van der Waals surface area contributed by atoms with Crippen molar-refractivity contribution in [3.63, 3.8) is 0 Å². The Labute approximate surface area is 276 Å². The van der Waals surface area contributed by atoms with Gasteiger partial charge in [-0.1, -0.05) is 121 Å². The van der Waals surface area contributed by atoms with Gasteiger partial charge in [0.1, 0.15) is 11.4 Å². The van der Waals surface area contributed by atoms with E-state index in [0.717, 1.165) is 16.0 Å². The second kappa shape index (κ2) is 10.7. The van der Waals surface area contributed by atoms with E-state index in [9.17, 15) is 10.1 Å². The smallest absolute Gasteiger partial charge is 0.271 e. The zero-order valence-electron chi connectivity index (χ0n) is 25.8. The van der Waals surface area contributed by atoms with E-state index in [1.807, 2.05) is 121 Å². The van der Waals surface area contributed by atoms with Crippen LogP contribution in [0.25, 0.3) is 11.1 Å². The number of methoxy groups -OCH3 is 1. The minimum atomic E-state index is -1.58. The zero-order valence-corrected chi connectivity index (χ0v) is 25.8. The maximum Gasteiger partial charge on any atom is 0.271 e. The molecular formula is C40H28N2O6. The van der Waals surface area contributed by atoms with Crippen LogP contribution in [-0.4, -0.2) is 29.6 Å². The number of rotatable bonds is 7. The molecule has 5 aromatic carbocycles. The number of nitro benzene ring substituents is 1. The van der Waals surface area contributed by atoms with Gasteiger partial charge in [0.25, 0.3) is 5.69 Å². The maximum absolute atomic E-state index is 15.9. The monoisotopic (exact) mass is 632 g/mol. The molecule has 1 saturated heterocycles. The van der Waals surface area contributed by atoms with Gasteiger partial charge < -0.3 is 4.74 Å². The van der Waals surface area contributed by atoms with Crippen LogP contribution in [0.1, 0.15) is 22.3 Å². The van der Waals surface area contributed by atoms with Crippen LogP contribution in [0.2, 0.25) is 0 Å². The Bertz CT molecular complexity index is 2050. The predicted octanol–water partition coefficient (Wildman–Crippen LogP) is 6.79. The average molecular weight is 633 g/mol. The van der Waals surface area contributed by atoms with Crippen molar-refractivity contribution >= 4 is 40.1 Å². The Morgan fingerprint density at radius 2 is 1.04 bits per heavy atom. The number of non-ortho nitro benzene ring substituents is 1. The van der Waals surface area contributed by atoms with Crippen LogP contribution < -0.4 is 9.64 Å². The Morgan fingerprint density at radius 3 is 1.44 bits per heavy atom. The first kappa shape index (κ1) is 29.3. The van der Waals surface area contributed by atoms with Gasteiger partial charge in [0.15, 0.2) is 5.78 Å². The summed E-state index contributed by atoms with van der Waals surface area (Å²) in [7, 11) is 1.38. The molecule has 1 aliphatic heterocycles. The number of carbonyl (C=O) groups excluding carboxylic acids is 3. The Kier molecular flexibility index (Phi) is 6.53. The van der Waals surface area contributed by atoms with Gasteiger partial charge in [0.05, 0.1) is 34.7 Å². The highest BCUT2D eigenvalue weighted by Gasteiger charge is 2.82. The van der Waals surface area contributed by atoms with Crippen molar-refractivity contribution in [1.82, 2.24) is 0 Å². The van der Waals surface area contributed by atoms with Crippen molar-refractivity contribution in [2.75, 3.05) is 12.0 Å². The van der Waals surface area contributed by atoms with E-state index in [4.69, 9.17) is 4.74 Å². The molecule has 2 fully saturated rings. The summed E-state index contributed by atoms with van der Waals surface area (Å²) in [4.78, 5) is 58.5. The van der Waals surface area contributed by atoms with E-state index in [0.29, 0.717) is 22.3 Å². The Hall–Kier alpha value is -6.15. The van der Waals surface area contributed by atoms with Crippen LogP contribution in [0.3, 0.4) is 0 Å². The molecule has 2 aliphatic carbocycles. The molecule has 1 heterocycles. The molecule has 0 spiro atoms. The second-order valence-electron chi connectivity index (χ2n) is 12.2. The normalized spacial score (nSPS) is 24.3. The highest BCUT2D eigenvalue weighted by Crippen LogP contribution is 2.74. The molecule has 8 nitrogen and oxygen atoms in total. The number of ketones is 1. The van der Waals surface area contributed by atoms with E-state index in [-0.39, 0.29) is 22.9 Å². The number of benzene rings is 5. The summed E-state index contributed by atoms with van der Waals surface area (Å²) >= 11 is 0. The third-order valence-electron chi connectivity index (χ3n) is 10.2. The van der Waals surface area contributed by atoms with Crippen LogP contribution in [0, 0.1) is 22.0 Å². The van der Waals surface area contributed by atoms with Crippen LogP contribution in [-0.2, 0) is 25.2 Å². The third-order valence-corrected chi connectivity index (χ3v) is 10.2. The van der Waals surface area contributed by atoms with Crippen molar-refractivity contribution in [1.29, 1.82) is 0 Å². The number of nitrogens with zero attached hydrogens (tertiary/aromatic N) is 2. The van der Waals surface area contributed by atoms with E-state index in [1.165, 1.54) is 25.3 Å². The summed E-state index contributed by atoms with van der Waals surface area (Å²) in [5.41, 5.74) is 0.571. The summed E-state index contributed by atoms with van der Waals surface area (Å²) in [5.74, 6) is -3.66. The summed E-state index contributed by atoms with van der Waals surface area (Å²) in [6.45, 7) is 0. The van der Waals surface area contributed by atoms with Crippen molar-refractivity contribution < 1.29 is 24.0 Å². The predicted molar refractivity (Wildman–Crippen MR) is 180 cm³/mol. The second-order valence-corrected chi connectivity index (χ2v) is 12.2. The van der Waals surface area contributed by atoms with Gasteiger partial charge in [-0.15, -0.1) is 0 Å². The van der Waals surface area contributed by atoms with Crippen LogP contribution in [0.15, 0.2) is 140 Å². The fraction of sp³-hybridized carbons (Fsp3) is 0.125. The van der Waals surface area contributed by atoms with E-state index in [2.05, 4.69) is 0 Å². The lowest BCUT2D eigenvalue weighted by atomic mass is 9.59. The van der Waals surface area contributed by atoms with E-state index >= 15 is 14.4 Å². The molecule has 2 bridgehead atoms. The molecule has 0 N–H and O–H groups in total. The molecule has 8 heteroatoms. The number of hydrogen-bond donors (Lipinski definition) is 0. The first-order valence-electron chi connectivity index (χ1n) is 15.6. The number of hydrogen-bond acceptors (Lipinski definition) is 6. The van der Waals surface area contributed by atoms with E-state index < -0.39 is 39.4 Å². The fourth-order valence-corrected chi connectivity index (χ4v) is 8.54. The Morgan fingerprint density at radius 1 is 0.625 bits per heavy atom. The van der Waals surface area contributed by atoms with Gasteiger partial charge in [-0.3, -0.25) is 24.5 Å². The third kappa shape index (κ3) is 3.62. The van der Waals surface area contributed by atoms with E-state index in [1.54, 1.807) is 0 Å². The van der Waals surface area contributed by atoms with Gasteiger partial charge in [-0.2, -0.15) is 0 Å². The molecule has 3 aliphatic rings. The lowest BCUT2D eigenvalue weighted by Gasteiger charge is -2.39. The highest BCUT2D eigenvalue weighted by molar-refractivity contribution is 6.39. The van der Waals surface area contributed by atoms with Gasteiger partial charge in [0, 0.05) is 12.1 Å². The molecule has 2 amide bonds. The first-order valence-corrected chi connectivity index (χ1v) is 15.6. The fourth-order valence-electron chi connectivity index (χ4n) is 8.54. The molecule has 1 saturated carbocycles. The molecule has 0 radical (unpaired) electrons. The number of anilines is 1. The number of nitro groups is 1. The van der Waals surface area contributed by atoms with Crippen LogP contribution in [0.5, 0.6) is 5.75 Å². The van der Waals surface area contributed by atoms with Crippen LogP contribution in [0.4, 0.5) is 11.4 Å². The maximum atomic E-state index is 15.9. The lowest BCUT2D eigenvalue weighted by molar-refractivity contribution is -0.384. The summed E-state index contributed by atoms with van der Waals surface area (Å²) in [6, 6.07) is 41.4. The minimum Gasteiger partial charge on any atom is -0.495 e. The number of amides is 2. The van der Waals surface area contributed by atoms with Crippen molar-refractivity contribution in [3.8, 4) is 5.75 Å². The number of allylic oxidation sites excluding steroid dienone is 2. The van der Waals surface area contributed by atoms with Crippen molar-refractivity contribution in [2.45, 2.75) is 10.8 Å². The van der Waals surface area contributed by atoms with Gasteiger partial charge in [0.2, 0.25) is 11.8 Å². The molecule has 5 aromatic rings. The standard InChI is InChI=1S/C40H28N2O6/c1-48-31-23-22-29(42(46)47)24-30(31)41-36(43)34-35(37(41)44)40(28-20-12-5-13-21-28)33(26-16-8-3-9-17-26)32(25-14-6-2-7-15-25)39(34,38(40)45)27-18-10-4-11-19-27/h2-24,34-35H,1H3/t34-,35-,39+,40+/m1/s1. The van der Waals surface area contributed by atoms with Crippen molar-refractivity contribution in [3.05, 3.63) is 172 Å². The summed E-state index contributed by atoms with van der Waals surface area (Å²) in [6.07, 6.45) is 0. The number of Topliss-reactive ketones (excluding diaryl/α,β-unsaturated/α-hetero) is 1. The minimum absolute atomic E-state index is 0.0307. The topological polar surface area (TPSA) is 107 Å². The van der Waals surface area contributed by atoms with Gasteiger partial charge in [-0.25, -0.2) is 4.90 Å². The van der Waals surface area contributed by atoms with Gasteiger partial charge in [-0.05, 0) is 39.5 Å². The molecule has 234 valence electrons. The van der Waals surface area contributed by atoms with Crippen LogP contribution >= 0.6 is 0 Å². The lowest BCUT2D eigenvalue weighted by Crippen LogP contribution is -2.45. The van der Waals surface area contributed by atoms with Gasteiger partial charge >= 0.3 is 0 Å². The molecule has 0 aromatic heterocycles.